The molecule has 2 unspecified atom stereocenters. The molecule has 1 aliphatic rings. The Kier molecular flexibility index (Phi) is 4.00. The summed E-state index contributed by atoms with van der Waals surface area (Å²) in [5.41, 5.74) is 0. The van der Waals surface area contributed by atoms with E-state index < -0.39 is 10.0 Å². The number of aliphatic hydroxyl groups excluding tert-OH is 1. The second kappa shape index (κ2) is 5.35. The van der Waals surface area contributed by atoms with Crippen LogP contribution < -0.4 is 4.72 Å². The lowest BCUT2D eigenvalue weighted by Gasteiger charge is -2.15. The van der Waals surface area contributed by atoms with Crippen LogP contribution in [0.5, 0.6) is 0 Å². The molecule has 7 nitrogen and oxygen atoms in total. The summed E-state index contributed by atoms with van der Waals surface area (Å²) in [5, 5.41) is 12.6. The molecule has 1 aliphatic heterocycles. The van der Waals surface area contributed by atoms with Crippen molar-refractivity contribution < 1.29 is 18.3 Å². The van der Waals surface area contributed by atoms with Gasteiger partial charge in [-0.2, -0.15) is 5.10 Å². The molecule has 2 heterocycles. The van der Waals surface area contributed by atoms with Crippen molar-refractivity contribution >= 4 is 10.0 Å². The number of aliphatic hydroxyl groups is 1. The van der Waals surface area contributed by atoms with Gasteiger partial charge >= 0.3 is 0 Å². The second-order valence-electron chi connectivity index (χ2n) is 4.26. The van der Waals surface area contributed by atoms with Crippen molar-refractivity contribution in [3.05, 3.63) is 12.4 Å². The standard InChI is InChI=1S/C10H17N3O4S/c1-8-10(2-5-17-8)12-18(15,16)9-6-11-13(7-9)3-4-14/h6-8,10,12,14H,2-5H2,1H3. The van der Waals surface area contributed by atoms with E-state index in [4.69, 9.17) is 9.84 Å². The summed E-state index contributed by atoms with van der Waals surface area (Å²) >= 11 is 0. The maximum atomic E-state index is 12.1. The Morgan fingerprint density at radius 1 is 1.67 bits per heavy atom. The number of nitrogens with zero attached hydrogens (tertiary/aromatic N) is 2. The van der Waals surface area contributed by atoms with Crippen LogP contribution in [0.2, 0.25) is 0 Å². The number of hydrogen-bond donors (Lipinski definition) is 2. The van der Waals surface area contributed by atoms with Crippen LogP contribution in [-0.4, -0.2) is 48.7 Å². The van der Waals surface area contributed by atoms with Crippen LogP contribution in [0.25, 0.3) is 0 Å². The first-order valence-corrected chi connectivity index (χ1v) is 7.28. The van der Waals surface area contributed by atoms with Crippen molar-refractivity contribution in [2.75, 3.05) is 13.2 Å². The lowest BCUT2D eigenvalue weighted by molar-refractivity contribution is 0.117. The van der Waals surface area contributed by atoms with E-state index in [0.29, 0.717) is 13.0 Å². The van der Waals surface area contributed by atoms with Gasteiger partial charge in [-0.05, 0) is 13.3 Å². The molecular formula is C10H17N3O4S. The van der Waals surface area contributed by atoms with E-state index in [9.17, 15) is 8.42 Å². The minimum Gasteiger partial charge on any atom is -0.394 e. The molecule has 0 aromatic carbocycles. The van der Waals surface area contributed by atoms with Gasteiger partial charge in [0.2, 0.25) is 10.0 Å². The van der Waals surface area contributed by atoms with Crippen molar-refractivity contribution in [1.82, 2.24) is 14.5 Å². The molecule has 1 aromatic heterocycles. The summed E-state index contributed by atoms with van der Waals surface area (Å²) in [6.45, 7) is 2.61. The lowest BCUT2D eigenvalue weighted by atomic mass is 10.2. The van der Waals surface area contributed by atoms with E-state index in [2.05, 4.69) is 9.82 Å². The molecule has 1 saturated heterocycles. The Morgan fingerprint density at radius 2 is 2.44 bits per heavy atom. The average molecular weight is 275 g/mol. The Balaban J connectivity index is 2.09. The van der Waals surface area contributed by atoms with E-state index in [0.717, 1.165) is 0 Å². The van der Waals surface area contributed by atoms with Gasteiger partial charge in [-0.25, -0.2) is 13.1 Å². The number of ether oxygens (including phenoxy) is 1. The Hall–Kier alpha value is -0.960. The minimum atomic E-state index is -3.57. The third-order valence-electron chi connectivity index (χ3n) is 2.93. The maximum absolute atomic E-state index is 12.1. The van der Waals surface area contributed by atoms with Crippen molar-refractivity contribution in [2.24, 2.45) is 0 Å². The fourth-order valence-corrected chi connectivity index (χ4v) is 3.15. The number of aromatic nitrogens is 2. The first kappa shape index (κ1) is 13.5. The zero-order valence-electron chi connectivity index (χ0n) is 10.1. The summed E-state index contributed by atoms with van der Waals surface area (Å²) in [6, 6.07) is -0.198. The van der Waals surface area contributed by atoms with Crippen LogP contribution >= 0.6 is 0 Å². The number of sulfonamides is 1. The third kappa shape index (κ3) is 2.89. The largest absolute Gasteiger partial charge is 0.394 e. The lowest BCUT2D eigenvalue weighted by Crippen LogP contribution is -2.38. The highest BCUT2D eigenvalue weighted by Crippen LogP contribution is 2.16. The molecule has 18 heavy (non-hydrogen) atoms. The minimum absolute atomic E-state index is 0.0813. The van der Waals surface area contributed by atoms with Gasteiger partial charge in [-0.3, -0.25) is 4.68 Å². The number of nitrogens with one attached hydrogen (secondary N) is 1. The molecule has 0 spiro atoms. The van der Waals surface area contributed by atoms with Crippen LogP contribution in [0, 0.1) is 0 Å². The molecule has 0 bridgehead atoms. The van der Waals surface area contributed by atoms with Crippen LogP contribution in [0.1, 0.15) is 13.3 Å². The van der Waals surface area contributed by atoms with Gasteiger partial charge in [0, 0.05) is 12.8 Å². The maximum Gasteiger partial charge on any atom is 0.244 e. The van der Waals surface area contributed by atoms with Gasteiger partial charge in [0.1, 0.15) is 4.90 Å². The van der Waals surface area contributed by atoms with Crippen molar-refractivity contribution in [3.63, 3.8) is 0 Å². The Bertz CT molecular complexity index is 499. The SMILES string of the molecule is CC1OCCC1NS(=O)(=O)c1cnn(CCO)c1. The quantitative estimate of drug-likeness (QED) is 0.743. The number of hydrogen-bond acceptors (Lipinski definition) is 5. The predicted octanol–water partition coefficient (Wildman–Crippen LogP) is -0.669. The molecule has 102 valence electrons. The van der Waals surface area contributed by atoms with E-state index in [1.165, 1.54) is 17.1 Å². The Labute approximate surface area is 106 Å². The van der Waals surface area contributed by atoms with Crippen molar-refractivity contribution in [1.29, 1.82) is 0 Å². The molecule has 1 fully saturated rings. The summed E-state index contributed by atoms with van der Waals surface area (Å²) in [7, 11) is -3.57. The molecule has 2 rings (SSSR count). The monoisotopic (exact) mass is 275 g/mol. The fraction of sp³-hybridized carbons (Fsp3) is 0.700. The third-order valence-corrected chi connectivity index (χ3v) is 4.38. The van der Waals surface area contributed by atoms with Crippen LogP contribution in [-0.2, 0) is 21.3 Å². The van der Waals surface area contributed by atoms with Crippen molar-refractivity contribution in [3.8, 4) is 0 Å². The van der Waals surface area contributed by atoms with E-state index >= 15 is 0 Å². The highest BCUT2D eigenvalue weighted by Gasteiger charge is 2.29. The summed E-state index contributed by atoms with van der Waals surface area (Å²) in [5.74, 6) is 0. The van der Waals surface area contributed by atoms with Gasteiger partial charge in [0.25, 0.3) is 0 Å². The first-order valence-electron chi connectivity index (χ1n) is 5.80. The molecule has 1 aromatic rings. The summed E-state index contributed by atoms with van der Waals surface area (Å²) in [4.78, 5) is 0.107. The first-order chi connectivity index (χ1) is 8.53. The highest BCUT2D eigenvalue weighted by molar-refractivity contribution is 7.89. The zero-order valence-corrected chi connectivity index (χ0v) is 10.9. The van der Waals surface area contributed by atoms with Crippen LogP contribution in [0.4, 0.5) is 0 Å². The fourth-order valence-electron chi connectivity index (χ4n) is 1.86. The van der Waals surface area contributed by atoms with Gasteiger partial charge in [0.15, 0.2) is 0 Å². The van der Waals surface area contributed by atoms with Gasteiger partial charge in [-0.15, -0.1) is 0 Å². The van der Waals surface area contributed by atoms with Crippen LogP contribution in [0.15, 0.2) is 17.3 Å². The smallest absolute Gasteiger partial charge is 0.244 e. The van der Waals surface area contributed by atoms with E-state index in [1.807, 2.05) is 6.92 Å². The topological polar surface area (TPSA) is 93.5 Å². The van der Waals surface area contributed by atoms with Gasteiger partial charge in [-0.1, -0.05) is 0 Å². The molecule has 0 aliphatic carbocycles. The Morgan fingerprint density at radius 3 is 3.06 bits per heavy atom. The molecule has 2 N–H and O–H groups in total. The summed E-state index contributed by atoms with van der Waals surface area (Å²) < 4.78 is 33.4. The average Bonchev–Trinajstić information content (AvgIpc) is 2.90. The second-order valence-corrected chi connectivity index (χ2v) is 5.97. The summed E-state index contributed by atoms with van der Waals surface area (Å²) in [6.07, 6.45) is 3.23. The normalized spacial score (nSPS) is 24.6. The molecule has 0 amide bonds. The predicted molar refractivity (Wildman–Crippen MR) is 63.5 cm³/mol. The number of rotatable bonds is 5. The van der Waals surface area contributed by atoms with Gasteiger partial charge < -0.3 is 9.84 Å². The molecule has 0 saturated carbocycles. The molecular weight excluding hydrogens is 258 g/mol. The molecule has 8 heteroatoms. The van der Waals surface area contributed by atoms with Gasteiger partial charge in [0.05, 0.1) is 31.5 Å². The molecule has 0 radical (unpaired) electrons. The zero-order chi connectivity index (χ0) is 13.2. The van der Waals surface area contributed by atoms with Crippen molar-refractivity contribution in [2.45, 2.75) is 36.9 Å². The van der Waals surface area contributed by atoms with E-state index in [-0.39, 0.29) is 30.2 Å². The van der Waals surface area contributed by atoms with E-state index in [1.54, 1.807) is 0 Å². The van der Waals surface area contributed by atoms with Crippen LogP contribution in [0.3, 0.4) is 0 Å². The highest BCUT2D eigenvalue weighted by atomic mass is 32.2. The molecule has 2 atom stereocenters.